The summed E-state index contributed by atoms with van der Waals surface area (Å²) in [4.78, 5) is 27.4. The molecule has 0 aliphatic carbocycles. The van der Waals surface area contributed by atoms with E-state index in [9.17, 15) is 26.8 Å². The minimum Gasteiger partial charge on any atom is -0.465 e. The van der Waals surface area contributed by atoms with Crippen molar-refractivity contribution in [2.24, 2.45) is 0 Å². The molecule has 174 valence electrons. The second-order valence-corrected chi connectivity index (χ2v) is 10.5. The Morgan fingerprint density at radius 1 is 1.19 bits per heavy atom. The van der Waals surface area contributed by atoms with Gasteiger partial charge in [0.25, 0.3) is 10.0 Å². The summed E-state index contributed by atoms with van der Waals surface area (Å²) in [7, 11) is -2.71. The van der Waals surface area contributed by atoms with E-state index in [-0.39, 0.29) is 54.7 Å². The molecule has 0 unspecified atom stereocenters. The van der Waals surface area contributed by atoms with Crippen LogP contribution in [-0.2, 0) is 38.9 Å². The van der Waals surface area contributed by atoms with E-state index in [1.54, 1.807) is 13.8 Å². The number of nitrogens with zero attached hydrogens (tertiary/aromatic N) is 2. The summed E-state index contributed by atoms with van der Waals surface area (Å²) in [6, 6.07) is 3.30. The van der Waals surface area contributed by atoms with E-state index in [2.05, 4.69) is 0 Å². The molecule has 0 bridgehead atoms. The highest BCUT2D eigenvalue weighted by molar-refractivity contribution is 7.91. The van der Waals surface area contributed by atoms with Crippen LogP contribution in [0.5, 0.6) is 0 Å². The van der Waals surface area contributed by atoms with Crippen LogP contribution in [0.1, 0.15) is 40.2 Å². The molecule has 3 rings (SSSR count). The van der Waals surface area contributed by atoms with E-state index in [1.807, 2.05) is 0 Å². The van der Waals surface area contributed by atoms with E-state index in [4.69, 9.17) is 4.74 Å². The predicted octanol–water partition coefficient (Wildman–Crippen LogP) is 2.97. The fourth-order valence-electron chi connectivity index (χ4n) is 3.70. The van der Waals surface area contributed by atoms with E-state index >= 15 is 0 Å². The third-order valence-electron chi connectivity index (χ3n) is 5.39. The first-order chi connectivity index (χ1) is 15.1. The molecule has 0 radical (unpaired) electrons. The van der Waals surface area contributed by atoms with Crippen molar-refractivity contribution < 1.29 is 31.5 Å². The number of esters is 1. The van der Waals surface area contributed by atoms with Crippen LogP contribution < -0.4 is 0 Å². The van der Waals surface area contributed by atoms with E-state index < -0.39 is 27.6 Å². The van der Waals surface area contributed by atoms with Gasteiger partial charge < -0.3 is 9.64 Å². The first kappa shape index (κ1) is 24.3. The molecule has 0 N–H and O–H groups in total. The minimum atomic E-state index is -3.91. The summed E-state index contributed by atoms with van der Waals surface area (Å²) in [5, 5.41) is 0. The predicted molar refractivity (Wildman–Crippen MR) is 115 cm³/mol. The average molecular weight is 487 g/mol. The lowest BCUT2D eigenvalue weighted by atomic mass is 10.0. The first-order valence-electron chi connectivity index (χ1n) is 10.1. The molecular weight excluding hydrogens is 462 g/mol. The number of ether oxygens (including phenoxy) is 1. The quantitative estimate of drug-likeness (QED) is 0.562. The number of carbonyl (C=O) groups is 2. The van der Waals surface area contributed by atoms with Crippen molar-refractivity contribution in [3.05, 3.63) is 51.4 Å². The van der Waals surface area contributed by atoms with Crippen LogP contribution in [0.3, 0.4) is 0 Å². The Morgan fingerprint density at radius 3 is 2.47 bits per heavy atom. The Labute approximate surface area is 189 Å². The molecule has 0 spiro atoms. The number of hydrogen-bond acceptors (Lipinski definition) is 6. The molecule has 1 aromatic heterocycles. The zero-order valence-electron chi connectivity index (χ0n) is 18.0. The Kier molecular flexibility index (Phi) is 7.31. The Bertz CT molecular complexity index is 1140. The molecule has 11 heteroatoms. The van der Waals surface area contributed by atoms with Gasteiger partial charge >= 0.3 is 5.97 Å². The average Bonchev–Trinajstić information content (AvgIpc) is 3.16. The first-order valence-corrected chi connectivity index (χ1v) is 12.3. The van der Waals surface area contributed by atoms with Crippen molar-refractivity contribution in [3.8, 4) is 0 Å². The monoisotopic (exact) mass is 486 g/mol. The number of fused-ring (bicyclic) bond motifs is 1. The second-order valence-electron chi connectivity index (χ2n) is 7.24. The highest BCUT2D eigenvalue weighted by Crippen LogP contribution is 2.38. The third kappa shape index (κ3) is 4.55. The number of rotatable bonds is 7. The maximum Gasteiger partial charge on any atom is 0.340 e. The summed E-state index contributed by atoms with van der Waals surface area (Å²) in [5.41, 5.74) is 0.947. The van der Waals surface area contributed by atoms with Gasteiger partial charge in [0.15, 0.2) is 11.6 Å². The molecule has 2 aromatic rings. The summed E-state index contributed by atoms with van der Waals surface area (Å²) >= 11 is 0.970. The topological polar surface area (TPSA) is 84.0 Å². The Balaban J connectivity index is 1.92. The van der Waals surface area contributed by atoms with Crippen molar-refractivity contribution in [2.75, 3.05) is 26.7 Å². The largest absolute Gasteiger partial charge is 0.465 e. The number of benzene rings is 1. The number of hydrogen-bond donors (Lipinski definition) is 0. The standard InChI is InChI=1S/C21H24F2N2O5S2/c1-4-25(5-2)32(28,29)21-19(20(27)30-3)14-8-9-24(12-17(14)31-21)18(26)11-13-6-7-15(22)16(23)10-13/h6-7,10H,4-5,8-9,11-12H2,1-3H3. The highest BCUT2D eigenvalue weighted by Gasteiger charge is 2.36. The fourth-order valence-corrected chi connectivity index (χ4v) is 7.20. The van der Waals surface area contributed by atoms with Gasteiger partial charge in [-0.25, -0.2) is 22.0 Å². The SMILES string of the molecule is CCN(CC)S(=O)(=O)c1sc2c(c1C(=O)OC)CCN(C(=O)Cc1ccc(F)c(F)c1)C2. The van der Waals surface area contributed by atoms with Gasteiger partial charge in [0.2, 0.25) is 5.91 Å². The molecule has 0 atom stereocenters. The number of carbonyl (C=O) groups excluding carboxylic acids is 2. The smallest absolute Gasteiger partial charge is 0.340 e. The normalized spacial score (nSPS) is 13.9. The van der Waals surface area contributed by atoms with Crippen LogP contribution in [0.15, 0.2) is 22.4 Å². The van der Waals surface area contributed by atoms with E-state index in [0.29, 0.717) is 16.0 Å². The number of halogens is 2. The van der Waals surface area contributed by atoms with Crippen molar-refractivity contribution >= 4 is 33.2 Å². The molecule has 0 saturated carbocycles. The van der Waals surface area contributed by atoms with Crippen LogP contribution in [0.4, 0.5) is 8.78 Å². The van der Waals surface area contributed by atoms with Gasteiger partial charge in [-0.1, -0.05) is 19.9 Å². The van der Waals surface area contributed by atoms with E-state index in [1.165, 1.54) is 22.4 Å². The van der Waals surface area contributed by atoms with Crippen molar-refractivity contribution in [3.63, 3.8) is 0 Å². The summed E-state index contributed by atoms with van der Waals surface area (Å²) in [6.07, 6.45) is 0.167. The van der Waals surface area contributed by atoms with Crippen LogP contribution in [-0.4, -0.2) is 56.2 Å². The third-order valence-corrected chi connectivity index (χ3v) is 9.15. The van der Waals surface area contributed by atoms with Gasteiger partial charge in [0.05, 0.1) is 25.6 Å². The minimum absolute atomic E-state index is 0.0344. The molecular formula is C21H24F2N2O5S2. The molecule has 1 aliphatic heterocycles. The van der Waals surface area contributed by atoms with Gasteiger partial charge in [-0.05, 0) is 29.7 Å². The molecule has 0 fully saturated rings. The Morgan fingerprint density at radius 2 is 1.88 bits per heavy atom. The molecule has 0 saturated heterocycles. The number of amides is 1. The second kappa shape index (κ2) is 9.63. The Hall–Kier alpha value is -2.37. The summed E-state index contributed by atoms with van der Waals surface area (Å²) in [5.74, 6) is -3.04. The maximum atomic E-state index is 13.5. The molecule has 7 nitrogen and oxygen atoms in total. The van der Waals surface area contributed by atoms with Gasteiger partial charge in [0, 0.05) is 24.5 Å². The summed E-state index contributed by atoms with van der Waals surface area (Å²) < 4.78 is 58.9. The van der Waals surface area contributed by atoms with Crippen LogP contribution >= 0.6 is 11.3 Å². The van der Waals surface area contributed by atoms with Crippen LogP contribution in [0, 0.1) is 11.6 Å². The van der Waals surface area contributed by atoms with Gasteiger partial charge in [-0.15, -0.1) is 11.3 Å². The van der Waals surface area contributed by atoms with Crippen LogP contribution in [0.2, 0.25) is 0 Å². The van der Waals surface area contributed by atoms with Gasteiger partial charge in [0.1, 0.15) is 4.21 Å². The zero-order valence-corrected chi connectivity index (χ0v) is 19.6. The molecule has 2 heterocycles. The summed E-state index contributed by atoms with van der Waals surface area (Å²) in [6.45, 7) is 4.32. The fraction of sp³-hybridized carbons (Fsp3) is 0.429. The van der Waals surface area contributed by atoms with Crippen molar-refractivity contribution in [2.45, 2.75) is 37.4 Å². The zero-order chi connectivity index (χ0) is 23.6. The lowest BCUT2D eigenvalue weighted by Gasteiger charge is -2.27. The number of methoxy groups -OCH3 is 1. The molecule has 32 heavy (non-hydrogen) atoms. The van der Waals surface area contributed by atoms with Gasteiger partial charge in [-0.3, -0.25) is 4.79 Å². The highest BCUT2D eigenvalue weighted by atomic mass is 32.2. The number of thiophene rings is 1. The molecule has 1 amide bonds. The molecule has 1 aromatic carbocycles. The number of sulfonamides is 1. The maximum absolute atomic E-state index is 13.5. The van der Waals surface area contributed by atoms with Crippen molar-refractivity contribution in [1.29, 1.82) is 0 Å². The van der Waals surface area contributed by atoms with Crippen LogP contribution in [0.25, 0.3) is 0 Å². The lowest BCUT2D eigenvalue weighted by molar-refractivity contribution is -0.131. The van der Waals surface area contributed by atoms with E-state index in [0.717, 1.165) is 23.5 Å². The van der Waals surface area contributed by atoms with Crippen molar-refractivity contribution in [1.82, 2.24) is 9.21 Å². The lowest BCUT2D eigenvalue weighted by Crippen LogP contribution is -2.36. The molecule has 1 aliphatic rings. The van der Waals surface area contributed by atoms with Gasteiger partial charge in [-0.2, -0.15) is 4.31 Å².